The largest absolute Gasteiger partial charge is 0.462 e. The molecule has 1 aromatic heterocycles. The number of esters is 1. The molecule has 7 nitrogen and oxygen atoms in total. The van der Waals surface area contributed by atoms with Crippen LogP contribution in [0.25, 0.3) is 0 Å². The number of benzene rings is 1. The highest BCUT2D eigenvalue weighted by Crippen LogP contribution is 2.34. The molecule has 1 atom stereocenters. The number of tetrazole rings is 1. The molecule has 0 spiro atoms. The van der Waals surface area contributed by atoms with E-state index < -0.39 is 12.0 Å². The first kappa shape index (κ1) is 19.0. The van der Waals surface area contributed by atoms with Crippen LogP contribution in [0.15, 0.2) is 35.5 Å². The summed E-state index contributed by atoms with van der Waals surface area (Å²) < 4.78 is 20.4. The Morgan fingerprint density at radius 3 is 2.70 bits per heavy atom. The van der Waals surface area contributed by atoms with E-state index in [0.717, 1.165) is 19.3 Å². The van der Waals surface area contributed by atoms with E-state index in [1.165, 1.54) is 29.7 Å². The smallest absolute Gasteiger partial charge is 0.338 e. The first-order chi connectivity index (χ1) is 13.1. The summed E-state index contributed by atoms with van der Waals surface area (Å²) in [5.41, 5.74) is 1.76. The fraction of sp³-hybridized carbons (Fsp3) is 0.474. The van der Waals surface area contributed by atoms with Crippen molar-refractivity contribution in [2.75, 3.05) is 11.9 Å². The number of anilines is 1. The number of carbonyl (C=O) groups excluding carboxylic acids is 1. The van der Waals surface area contributed by atoms with Gasteiger partial charge in [0.25, 0.3) is 0 Å². The molecule has 0 bridgehead atoms. The summed E-state index contributed by atoms with van der Waals surface area (Å²) in [6.07, 6.45) is 5.38. The number of nitrogens with one attached hydrogen (secondary N) is 1. The second-order valence-electron chi connectivity index (χ2n) is 6.61. The second kappa shape index (κ2) is 8.75. The number of nitrogens with zero attached hydrogens (tertiary/aromatic N) is 4. The summed E-state index contributed by atoms with van der Waals surface area (Å²) in [5.74, 6) is -0.328. The maximum Gasteiger partial charge on any atom is 0.338 e. The lowest BCUT2D eigenvalue weighted by atomic mass is 9.96. The van der Waals surface area contributed by atoms with Gasteiger partial charge in [0.2, 0.25) is 5.95 Å². The summed E-state index contributed by atoms with van der Waals surface area (Å²) in [7, 11) is 0. The van der Waals surface area contributed by atoms with Crippen molar-refractivity contribution in [3.05, 3.63) is 46.9 Å². The molecule has 0 amide bonds. The van der Waals surface area contributed by atoms with E-state index in [-0.39, 0.29) is 5.82 Å². The maximum absolute atomic E-state index is 13.4. The molecule has 3 rings (SSSR count). The van der Waals surface area contributed by atoms with Gasteiger partial charge in [-0.25, -0.2) is 9.18 Å². The van der Waals surface area contributed by atoms with Crippen LogP contribution >= 0.6 is 0 Å². The normalized spacial score (nSPS) is 16.0. The number of halogens is 1. The van der Waals surface area contributed by atoms with Crippen molar-refractivity contribution in [3.63, 3.8) is 0 Å². The molecule has 0 radical (unpaired) electrons. The third kappa shape index (κ3) is 4.32. The van der Waals surface area contributed by atoms with Crippen LogP contribution in [-0.4, -0.2) is 32.8 Å². The molecule has 0 unspecified atom stereocenters. The van der Waals surface area contributed by atoms with Gasteiger partial charge in [0.1, 0.15) is 11.9 Å². The molecule has 1 N–H and O–H groups in total. The second-order valence-corrected chi connectivity index (χ2v) is 6.61. The van der Waals surface area contributed by atoms with Crippen molar-refractivity contribution in [2.45, 2.75) is 52.0 Å². The average Bonchev–Trinajstić information content (AvgIpc) is 3.12. The van der Waals surface area contributed by atoms with Gasteiger partial charge in [0.05, 0.1) is 12.2 Å². The van der Waals surface area contributed by atoms with Gasteiger partial charge in [0, 0.05) is 5.70 Å². The van der Waals surface area contributed by atoms with Crippen molar-refractivity contribution < 1.29 is 13.9 Å². The zero-order valence-corrected chi connectivity index (χ0v) is 15.6. The zero-order chi connectivity index (χ0) is 19.2. The molecule has 0 saturated heterocycles. The van der Waals surface area contributed by atoms with Gasteiger partial charge >= 0.3 is 5.97 Å². The highest BCUT2D eigenvalue weighted by molar-refractivity contribution is 5.92. The molecule has 0 aliphatic carbocycles. The van der Waals surface area contributed by atoms with Crippen LogP contribution in [0.3, 0.4) is 0 Å². The monoisotopic (exact) mass is 373 g/mol. The zero-order valence-electron chi connectivity index (χ0n) is 15.6. The van der Waals surface area contributed by atoms with E-state index in [2.05, 4.69) is 27.8 Å². The predicted octanol–water partition coefficient (Wildman–Crippen LogP) is 3.61. The number of carbonyl (C=O) groups is 1. The molecular formula is C19H24FN5O2. The Hall–Kier alpha value is -2.77. The minimum Gasteiger partial charge on any atom is -0.462 e. The molecule has 0 saturated carbocycles. The lowest BCUT2D eigenvalue weighted by Crippen LogP contribution is -2.29. The van der Waals surface area contributed by atoms with E-state index in [1.54, 1.807) is 19.1 Å². The van der Waals surface area contributed by atoms with Crippen LogP contribution in [0.4, 0.5) is 10.3 Å². The quantitative estimate of drug-likeness (QED) is 0.562. The fourth-order valence-electron chi connectivity index (χ4n) is 3.18. The predicted molar refractivity (Wildman–Crippen MR) is 98.4 cm³/mol. The number of allylic oxidation sites excluding steroid dienone is 1. The Morgan fingerprint density at radius 1 is 1.22 bits per heavy atom. The number of hydrogen-bond acceptors (Lipinski definition) is 6. The van der Waals surface area contributed by atoms with E-state index >= 15 is 0 Å². The minimum absolute atomic E-state index is 0.346. The molecule has 2 aromatic rings. The Labute approximate surface area is 157 Å². The highest BCUT2D eigenvalue weighted by Gasteiger charge is 2.34. The van der Waals surface area contributed by atoms with Crippen molar-refractivity contribution in [1.29, 1.82) is 0 Å². The molecule has 2 heterocycles. The molecule has 0 fully saturated rings. The molecule has 1 aromatic carbocycles. The highest BCUT2D eigenvalue weighted by atomic mass is 19.1. The third-order valence-electron chi connectivity index (χ3n) is 4.60. The Morgan fingerprint density at radius 2 is 1.96 bits per heavy atom. The average molecular weight is 373 g/mol. The molecule has 8 heteroatoms. The van der Waals surface area contributed by atoms with Crippen molar-refractivity contribution in [2.24, 2.45) is 0 Å². The summed E-state index contributed by atoms with van der Waals surface area (Å²) in [4.78, 5) is 12.8. The molecule has 1 aliphatic heterocycles. The molecule has 144 valence electrons. The SMILES string of the molecule is CCCCCCCOC(=O)C1=C(C)Nc2nnnn2[C@H]1c1ccc(F)cc1. The number of ether oxygens (including phenoxy) is 1. The summed E-state index contributed by atoms with van der Waals surface area (Å²) in [6.45, 7) is 4.32. The lowest BCUT2D eigenvalue weighted by Gasteiger charge is -2.27. The Bertz CT molecular complexity index is 816. The summed E-state index contributed by atoms with van der Waals surface area (Å²) >= 11 is 0. The Kier molecular flexibility index (Phi) is 6.16. The number of rotatable bonds is 8. The number of unbranched alkanes of at least 4 members (excludes halogenated alkanes) is 4. The van der Waals surface area contributed by atoms with E-state index in [4.69, 9.17) is 4.74 Å². The van der Waals surface area contributed by atoms with E-state index in [9.17, 15) is 9.18 Å². The third-order valence-corrected chi connectivity index (χ3v) is 4.60. The van der Waals surface area contributed by atoms with Crippen LogP contribution in [0.2, 0.25) is 0 Å². The minimum atomic E-state index is -0.565. The molecule has 27 heavy (non-hydrogen) atoms. The molecule has 1 aliphatic rings. The van der Waals surface area contributed by atoms with Crippen molar-refractivity contribution in [1.82, 2.24) is 20.2 Å². The van der Waals surface area contributed by atoms with E-state index in [1.807, 2.05) is 0 Å². The maximum atomic E-state index is 13.4. The van der Waals surface area contributed by atoms with Gasteiger partial charge in [-0.05, 0) is 41.5 Å². The number of fused-ring (bicyclic) bond motifs is 1. The van der Waals surface area contributed by atoms with Crippen LogP contribution in [0.1, 0.15) is 57.6 Å². The summed E-state index contributed by atoms with van der Waals surface area (Å²) in [6, 6.07) is 5.40. The Balaban J connectivity index is 1.78. The van der Waals surface area contributed by atoms with E-state index in [0.29, 0.717) is 29.4 Å². The topological polar surface area (TPSA) is 81.9 Å². The van der Waals surface area contributed by atoms with Gasteiger partial charge in [-0.2, -0.15) is 4.68 Å². The van der Waals surface area contributed by atoms with Gasteiger partial charge in [0.15, 0.2) is 0 Å². The fourth-order valence-corrected chi connectivity index (χ4v) is 3.18. The molecular weight excluding hydrogens is 349 g/mol. The van der Waals surface area contributed by atoms with Crippen LogP contribution in [0.5, 0.6) is 0 Å². The van der Waals surface area contributed by atoms with Crippen molar-refractivity contribution in [3.8, 4) is 0 Å². The van der Waals surface area contributed by atoms with Gasteiger partial charge in [-0.15, -0.1) is 0 Å². The first-order valence-electron chi connectivity index (χ1n) is 9.30. The summed E-state index contributed by atoms with van der Waals surface area (Å²) in [5, 5.41) is 14.6. The standard InChI is InChI=1S/C19H24FN5O2/c1-3-4-5-6-7-12-27-18(26)16-13(2)21-19-22-23-24-25(19)17(16)14-8-10-15(20)11-9-14/h8-11,17H,3-7,12H2,1-2H3,(H,21,22,24)/t17-/m0/s1. The van der Waals surface area contributed by atoms with Crippen LogP contribution in [0, 0.1) is 5.82 Å². The van der Waals surface area contributed by atoms with Crippen LogP contribution < -0.4 is 5.32 Å². The van der Waals surface area contributed by atoms with Gasteiger partial charge in [-0.1, -0.05) is 49.8 Å². The van der Waals surface area contributed by atoms with Crippen LogP contribution in [-0.2, 0) is 9.53 Å². The van der Waals surface area contributed by atoms with Gasteiger partial charge < -0.3 is 10.1 Å². The van der Waals surface area contributed by atoms with Gasteiger partial charge in [-0.3, -0.25) is 0 Å². The lowest BCUT2D eigenvalue weighted by molar-refractivity contribution is -0.139. The number of hydrogen-bond donors (Lipinski definition) is 1. The number of aromatic nitrogens is 4. The first-order valence-corrected chi connectivity index (χ1v) is 9.30. The van der Waals surface area contributed by atoms with Crippen molar-refractivity contribution >= 4 is 11.9 Å².